The fourth-order valence-corrected chi connectivity index (χ4v) is 2.05. The summed E-state index contributed by atoms with van der Waals surface area (Å²) in [4.78, 5) is 24.5. The van der Waals surface area contributed by atoms with E-state index >= 15 is 0 Å². The van der Waals surface area contributed by atoms with Crippen LogP contribution in [0.2, 0.25) is 0 Å². The van der Waals surface area contributed by atoms with E-state index in [0.29, 0.717) is 11.3 Å². The highest BCUT2D eigenvalue weighted by Gasteiger charge is 2.32. The van der Waals surface area contributed by atoms with E-state index in [4.69, 9.17) is 0 Å². The molecule has 1 saturated heterocycles. The summed E-state index contributed by atoms with van der Waals surface area (Å²) in [5.41, 5.74) is 0.950. The van der Waals surface area contributed by atoms with Gasteiger partial charge in [0.25, 0.3) is 5.91 Å². The normalized spacial score (nSPS) is 22.4. The number of carbonyl (C=O) groups excluding carboxylic acids is 2. The predicted molar refractivity (Wildman–Crippen MR) is 68.7 cm³/mol. The molecule has 0 unspecified atom stereocenters. The molecule has 0 saturated carbocycles. The Kier molecular flexibility index (Phi) is 3.82. The summed E-state index contributed by atoms with van der Waals surface area (Å²) in [6.45, 7) is 1.62. The van der Waals surface area contributed by atoms with Crippen molar-refractivity contribution in [3.8, 4) is 0 Å². The minimum atomic E-state index is -0.900. The van der Waals surface area contributed by atoms with Gasteiger partial charge in [-0.2, -0.15) is 0 Å². The van der Waals surface area contributed by atoms with E-state index in [0.717, 1.165) is 0 Å². The molecule has 0 aromatic heterocycles. The van der Waals surface area contributed by atoms with Gasteiger partial charge in [0, 0.05) is 31.3 Å². The Morgan fingerprint density at radius 1 is 1.26 bits per heavy atom. The summed E-state index contributed by atoms with van der Waals surface area (Å²) in [7, 11) is 0. The van der Waals surface area contributed by atoms with Gasteiger partial charge in [0.2, 0.25) is 5.91 Å². The lowest BCUT2D eigenvalue weighted by molar-refractivity contribution is -0.114. The van der Waals surface area contributed by atoms with Crippen LogP contribution < -0.4 is 5.32 Å². The SMILES string of the molecule is CC(=O)Nc1cccc(C(=O)N2C[C@@H](O)[C@@H](O)C2)c1. The molecule has 19 heavy (non-hydrogen) atoms. The molecule has 1 aromatic rings. The van der Waals surface area contributed by atoms with Crippen molar-refractivity contribution in [1.29, 1.82) is 0 Å². The number of carbonyl (C=O) groups is 2. The summed E-state index contributed by atoms with van der Waals surface area (Å²) < 4.78 is 0. The van der Waals surface area contributed by atoms with Crippen LogP contribution in [0.25, 0.3) is 0 Å². The van der Waals surface area contributed by atoms with Crippen molar-refractivity contribution < 1.29 is 19.8 Å². The molecular weight excluding hydrogens is 248 g/mol. The summed E-state index contributed by atoms with van der Waals surface area (Å²) >= 11 is 0. The topological polar surface area (TPSA) is 89.9 Å². The Morgan fingerprint density at radius 2 is 1.89 bits per heavy atom. The van der Waals surface area contributed by atoms with Gasteiger partial charge in [-0.15, -0.1) is 0 Å². The van der Waals surface area contributed by atoms with Crippen LogP contribution in [-0.4, -0.2) is 52.2 Å². The average Bonchev–Trinajstić information content (AvgIpc) is 2.68. The molecule has 1 aliphatic rings. The van der Waals surface area contributed by atoms with Crippen LogP contribution in [0.3, 0.4) is 0 Å². The Labute approximate surface area is 110 Å². The molecule has 102 valence electrons. The number of benzene rings is 1. The molecular formula is C13H16N2O4. The van der Waals surface area contributed by atoms with E-state index in [-0.39, 0.29) is 24.9 Å². The maximum absolute atomic E-state index is 12.2. The third-order valence-corrected chi connectivity index (χ3v) is 2.98. The van der Waals surface area contributed by atoms with Crippen molar-refractivity contribution in [3.05, 3.63) is 29.8 Å². The first-order chi connectivity index (χ1) is 8.97. The standard InChI is InChI=1S/C13H16N2O4/c1-8(16)14-10-4-2-3-9(5-10)13(19)15-6-11(17)12(18)7-15/h2-5,11-12,17-18H,6-7H2,1H3,(H,14,16)/t11-,12+. The van der Waals surface area contributed by atoms with E-state index in [1.54, 1.807) is 24.3 Å². The molecule has 2 rings (SSSR count). The minimum absolute atomic E-state index is 0.115. The average molecular weight is 264 g/mol. The number of amides is 2. The molecule has 1 heterocycles. The molecule has 0 bridgehead atoms. The van der Waals surface area contributed by atoms with Gasteiger partial charge < -0.3 is 20.4 Å². The van der Waals surface area contributed by atoms with E-state index < -0.39 is 12.2 Å². The van der Waals surface area contributed by atoms with Gasteiger partial charge in [0.1, 0.15) is 0 Å². The third-order valence-electron chi connectivity index (χ3n) is 2.98. The van der Waals surface area contributed by atoms with Crippen LogP contribution in [0.15, 0.2) is 24.3 Å². The number of likely N-dealkylation sites (tertiary alicyclic amines) is 1. The molecule has 1 aromatic carbocycles. The summed E-state index contributed by atoms with van der Waals surface area (Å²) in [5, 5.41) is 21.5. The van der Waals surface area contributed by atoms with Crippen LogP contribution in [0.1, 0.15) is 17.3 Å². The summed E-state index contributed by atoms with van der Waals surface area (Å²) in [5.74, 6) is -0.487. The Hall–Kier alpha value is -1.92. The van der Waals surface area contributed by atoms with Crippen LogP contribution in [-0.2, 0) is 4.79 Å². The van der Waals surface area contributed by atoms with Gasteiger partial charge in [-0.3, -0.25) is 9.59 Å². The van der Waals surface area contributed by atoms with E-state index in [9.17, 15) is 19.8 Å². The summed E-state index contributed by atoms with van der Waals surface area (Å²) in [6, 6.07) is 6.55. The molecule has 3 N–H and O–H groups in total. The van der Waals surface area contributed by atoms with Crippen LogP contribution in [0.5, 0.6) is 0 Å². The lowest BCUT2D eigenvalue weighted by Gasteiger charge is -2.15. The number of nitrogens with one attached hydrogen (secondary N) is 1. The highest BCUT2D eigenvalue weighted by atomic mass is 16.3. The Morgan fingerprint density at radius 3 is 2.47 bits per heavy atom. The number of aliphatic hydroxyl groups is 2. The largest absolute Gasteiger partial charge is 0.388 e. The van der Waals surface area contributed by atoms with E-state index in [1.165, 1.54) is 11.8 Å². The quantitative estimate of drug-likeness (QED) is 0.691. The molecule has 1 aliphatic heterocycles. The highest BCUT2D eigenvalue weighted by Crippen LogP contribution is 2.17. The first-order valence-corrected chi connectivity index (χ1v) is 6.00. The molecule has 0 spiro atoms. The first kappa shape index (κ1) is 13.5. The molecule has 6 heteroatoms. The fraction of sp³-hybridized carbons (Fsp3) is 0.385. The van der Waals surface area contributed by atoms with E-state index in [1.807, 2.05) is 0 Å². The van der Waals surface area contributed by atoms with Gasteiger partial charge in [-0.25, -0.2) is 0 Å². The predicted octanol–water partition coefficient (Wildman–Crippen LogP) is -0.177. The molecule has 0 radical (unpaired) electrons. The maximum Gasteiger partial charge on any atom is 0.254 e. The number of hydrogen-bond acceptors (Lipinski definition) is 4. The number of anilines is 1. The smallest absolute Gasteiger partial charge is 0.254 e. The maximum atomic E-state index is 12.2. The minimum Gasteiger partial charge on any atom is -0.388 e. The van der Waals surface area contributed by atoms with Gasteiger partial charge in [-0.1, -0.05) is 6.07 Å². The van der Waals surface area contributed by atoms with Gasteiger partial charge in [-0.05, 0) is 18.2 Å². The molecule has 1 fully saturated rings. The number of rotatable bonds is 2. The van der Waals surface area contributed by atoms with Crippen LogP contribution in [0, 0.1) is 0 Å². The number of nitrogens with zero attached hydrogens (tertiary/aromatic N) is 1. The third kappa shape index (κ3) is 3.10. The van der Waals surface area contributed by atoms with Gasteiger partial charge >= 0.3 is 0 Å². The number of hydrogen-bond donors (Lipinski definition) is 3. The Bertz CT molecular complexity index is 493. The monoisotopic (exact) mass is 264 g/mol. The lowest BCUT2D eigenvalue weighted by Crippen LogP contribution is -2.29. The zero-order chi connectivity index (χ0) is 14.0. The molecule has 0 aliphatic carbocycles. The molecule has 2 atom stereocenters. The van der Waals surface area contributed by atoms with Crippen molar-refractivity contribution >= 4 is 17.5 Å². The molecule has 6 nitrogen and oxygen atoms in total. The van der Waals surface area contributed by atoms with Crippen molar-refractivity contribution in [2.75, 3.05) is 18.4 Å². The van der Waals surface area contributed by atoms with Crippen LogP contribution >= 0.6 is 0 Å². The second-order valence-corrected chi connectivity index (χ2v) is 4.61. The van der Waals surface area contributed by atoms with Crippen molar-refractivity contribution in [2.45, 2.75) is 19.1 Å². The van der Waals surface area contributed by atoms with Crippen LogP contribution in [0.4, 0.5) is 5.69 Å². The first-order valence-electron chi connectivity index (χ1n) is 6.00. The van der Waals surface area contributed by atoms with Crippen molar-refractivity contribution in [1.82, 2.24) is 4.90 Å². The second kappa shape index (κ2) is 5.38. The number of aliphatic hydroxyl groups excluding tert-OH is 2. The van der Waals surface area contributed by atoms with Gasteiger partial charge in [0.05, 0.1) is 12.2 Å². The second-order valence-electron chi connectivity index (χ2n) is 4.61. The van der Waals surface area contributed by atoms with Crippen molar-refractivity contribution in [2.24, 2.45) is 0 Å². The highest BCUT2D eigenvalue weighted by molar-refractivity contribution is 5.97. The van der Waals surface area contributed by atoms with Gasteiger partial charge in [0.15, 0.2) is 0 Å². The van der Waals surface area contributed by atoms with Crippen molar-refractivity contribution in [3.63, 3.8) is 0 Å². The number of β-amino-alcohol motifs (C(OH)–C–C–N with tert-alkyl or cyclic N) is 2. The zero-order valence-corrected chi connectivity index (χ0v) is 10.5. The van der Waals surface area contributed by atoms with E-state index in [2.05, 4.69) is 5.32 Å². The zero-order valence-electron chi connectivity index (χ0n) is 10.5. The fourth-order valence-electron chi connectivity index (χ4n) is 2.05. The molecule has 2 amide bonds. The summed E-state index contributed by atoms with van der Waals surface area (Å²) in [6.07, 6.45) is -1.80. The Balaban J connectivity index is 2.13. The lowest BCUT2D eigenvalue weighted by atomic mass is 10.1.